The molecule has 1 aliphatic carbocycles. The van der Waals surface area contributed by atoms with Crippen LogP contribution in [0.4, 0.5) is 8.78 Å². The van der Waals surface area contributed by atoms with Gasteiger partial charge in [0.2, 0.25) is 0 Å². The molecule has 0 unspecified atom stereocenters. The monoisotopic (exact) mass is 287 g/mol. The molecule has 1 saturated carbocycles. The van der Waals surface area contributed by atoms with Gasteiger partial charge in [-0.15, -0.1) is 0 Å². The summed E-state index contributed by atoms with van der Waals surface area (Å²) in [6.45, 7) is 0.895. The summed E-state index contributed by atoms with van der Waals surface area (Å²) in [5.41, 5.74) is 2.25. The van der Waals surface area contributed by atoms with Crippen LogP contribution in [0.1, 0.15) is 29.9 Å². The first-order valence-electron chi connectivity index (χ1n) is 7.44. The topological polar surface area (TPSA) is 12.0 Å². The van der Waals surface area contributed by atoms with Crippen molar-refractivity contribution in [2.75, 3.05) is 6.54 Å². The second kappa shape index (κ2) is 6.35. The van der Waals surface area contributed by atoms with Gasteiger partial charge in [-0.2, -0.15) is 0 Å². The molecule has 0 heterocycles. The van der Waals surface area contributed by atoms with Gasteiger partial charge in [0, 0.05) is 6.04 Å². The summed E-state index contributed by atoms with van der Waals surface area (Å²) < 4.78 is 26.0. The molecule has 1 fully saturated rings. The van der Waals surface area contributed by atoms with Crippen LogP contribution in [0.25, 0.3) is 0 Å². The predicted octanol–water partition coefficient (Wildman–Crippen LogP) is 4.04. The number of hydrogen-bond acceptors (Lipinski definition) is 1. The molecule has 0 amide bonds. The molecule has 2 aromatic rings. The van der Waals surface area contributed by atoms with E-state index in [1.807, 2.05) is 18.2 Å². The van der Waals surface area contributed by atoms with Gasteiger partial charge in [0.1, 0.15) is 11.6 Å². The lowest BCUT2D eigenvalue weighted by molar-refractivity contribution is 0.292. The van der Waals surface area contributed by atoms with E-state index in [2.05, 4.69) is 5.32 Å². The molecule has 3 rings (SSSR count). The first-order chi connectivity index (χ1) is 10.2. The zero-order chi connectivity index (χ0) is 14.7. The van der Waals surface area contributed by atoms with Crippen LogP contribution >= 0.6 is 0 Å². The van der Waals surface area contributed by atoms with E-state index >= 15 is 0 Å². The zero-order valence-corrected chi connectivity index (χ0v) is 11.9. The summed E-state index contributed by atoms with van der Waals surface area (Å²) >= 11 is 0. The maximum absolute atomic E-state index is 13.2. The lowest BCUT2D eigenvalue weighted by atomic mass is 9.76. The standard InChI is InChI=1S/C18H19F2N/c19-16-6-4-13(5-7-16)8-9-21-18-11-15(12-18)14-2-1-3-17(20)10-14/h1-7,10,15,18,21H,8-9,11-12H2. The quantitative estimate of drug-likeness (QED) is 0.875. The van der Waals surface area contributed by atoms with Gasteiger partial charge >= 0.3 is 0 Å². The van der Waals surface area contributed by atoms with Crippen LogP contribution in [-0.2, 0) is 6.42 Å². The van der Waals surface area contributed by atoms with Crippen molar-refractivity contribution in [2.45, 2.75) is 31.2 Å². The average molecular weight is 287 g/mol. The minimum atomic E-state index is -0.191. The van der Waals surface area contributed by atoms with Gasteiger partial charge in [-0.1, -0.05) is 24.3 Å². The summed E-state index contributed by atoms with van der Waals surface area (Å²) in [6.07, 6.45) is 3.03. The van der Waals surface area contributed by atoms with Gasteiger partial charge in [0.15, 0.2) is 0 Å². The predicted molar refractivity (Wildman–Crippen MR) is 80.3 cm³/mol. The molecule has 2 aromatic carbocycles. The Morgan fingerprint density at radius 2 is 1.71 bits per heavy atom. The first kappa shape index (κ1) is 14.2. The van der Waals surface area contributed by atoms with E-state index < -0.39 is 0 Å². The Balaban J connectivity index is 1.40. The van der Waals surface area contributed by atoms with Crippen LogP contribution in [0.15, 0.2) is 48.5 Å². The smallest absolute Gasteiger partial charge is 0.123 e. The normalized spacial score (nSPS) is 21.0. The molecule has 0 spiro atoms. The van der Waals surface area contributed by atoms with Crippen LogP contribution in [0.5, 0.6) is 0 Å². The van der Waals surface area contributed by atoms with E-state index in [4.69, 9.17) is 0 Å². The summed E-state index contributed by atoms with van der Waals surface area (Å²) in [5.74, 6) is 0.132. The van der Waals surface area contributed by atoms with Gasteiger partial charge in [-0.25, -0.2) is 8.78 Å². The molecule has 3 heteroatoms. The van der Waals surface area contributed by atoms with E-state index in [0.717, 1.165) is 36.9 Å². The largest absolute Gasteiger partial charge is 0.314 e. The summed E-state index contributed by atoms with van der Waals surface area (Å²) in [6, 6.07) is 14.1. The van der Waals surface area contributed by atoms with Crippen molar-refractivity contribution < 1.29 is 8.78 Å². The van der Waals surface area contributed by atoms with Crippen molar-refractivity contribution in [2.24, 2.45) is 0 Å². The molecule has 0 bridgehead atoms. The highest BCUT2D eigenvalue weighted by molar-refractivity contribution is 5.24. The molecule has 21 heavy (non-hydrogen) atoms. The Labute approximate surface area is 124 Å². The maximum atomic E-state index is 13.2. The Morgan fingerprint density at radius 1 is 0.952 bits per heavy atom. The highest BCUT2D eigenvalue weighted by Gasteiger charge is 2.29. The minimum absolute atomic E-state index is 0.153. The Kier molecular flexibility index (Phi) is 4.30. The molecule has 110 valence electrons. The zero-order valence-electron chi connectivity index (χ0n) is 11.9. The van der Waals surface area contributed by atoms with E-state index in [0.29, 0.717) is 12.0 Å². The van der Waals surface area contributed by atoms with Crippen molar-refractivity contribution in [3.05, 3.63) is 71.3 Å². The van der Waals surface area contributed by atoms with Crippen molar-refractivity contribution >= 4 is 0 Å². The molecule has 0 aromatic heterocycles. The third-order valence-electron chi connectivity index (χ3n) is 4.22. The fourth-order valence-electron chi connectivity index (χ4n) is 2.89. The molecular formula is C18H19F2N. The van der Waals surface area contributed by atoms with Crippen molar-refractivity contribution in [1.82, 2.24) is 5.32 Å². The summed E-state index contributed by atoms with van der Waals surface area (Å²) in [4.78, 5) is 0. The number of rotatable bonds is 5. The highest BCUT2D eigenvalue weighted by atomic mass is 19.1. The third-order valence-corrected chi connectivity index (χ3v) is 4.22. The number of halogens is 2. The highest BCUT2D eigenvalue weighted by Crippen LogP contribution is 2.36. The van der Waals surface area contributed by atoms with Gasteiger partial charge in [0.25, 0.3) is 0 Å². The number of hydrogen-bond donors (Lipinski definition) is 1. The van der Waals surface area contributed by atoms with Gasteiger partial charge in [-0.3, -0.25) is 0 Å². The maximum Gasteiger partial charge on any atom is 0.123 e. The van der Waals surface area contributed by atoms with Crippen LogP contribution in [-0.4, -0.2) is 12.6 Å². The molecule has 0 radical (unpaired) electrons. The number of nitrogens with one attached hydrogen (secondary N) is 1. The van der Waals surface area contributed by atoms with E-state index in [-0.39, 0.29) is 11.6 Å². The first-order valence-corrected chi connectivity index (χ1v) is 7.44. The van der Waals surface area contributed by atoms with Crippen LogP contribution < -0.4 is 5.32 Å². The Bertz CT molecular complexity index is 588. The second-order valence-corrected chi connectivity index (χ2v) is 5.75. The lowest BCUT2D eigenvalue weighted by Gasteiger charge is -2.36. The Hall–Kier alpha value is -1.74. The SMILES string of the molecule is Fc1ccc(CCNC2CC(c3cccc(F)c3)C2)cc1. The van der Waals surface area contributed by atoms with Crippen LogP contribution in [0.2, 0.25) is 0 Å². The molecule has 1 aliphatic rings. The summed E-state index contributed by atoms with van der Waals surface area (Å²) in [5, 5.41) is 3.51. The Morgan fingerprint density at radius 3 is 2.43 bits per heavy atom. The molecule has 1 N–H and O–H groups in total. The molecule has 0 atom stereocenters. The fourth-order valence-corrected chi connectivity index (χ4v) is 2.89. The van der Waals surface area contributed by atoms with Crippen LogP contribution in [0.3, 0.4) is 0 Å². The van der Waals surface area contributed by atoms with Gasteiger partial charge in [-0.05, 0) is 67.1 Å². The van der Waals surface area contributed by atoms with Crippen LogP contribution in [0, 0.1) is 11.6 Å². The third kappa shape index (κ3) is 3.67. The molecule has 1 nitrogen and oxygen atoms in total. The fraction of sp³-hybridized carbons (Fsp3) is 0.333. The number of benzene rings is 2. The lowest BCUT2D eigenvalue weighted by Crippen LogP contribution is -2.40. The van der Waals surface area contributed by atoms with Gasteiger partial charge < -0.3 is 5.32 Å². The van der Waals surface area contributed by atoms with Gasteiger partial charge in [0.05, 0.1) is 0 Å². The average Bonchev–Trinajstić information content (AvgIpc) is 2.43. The second-order valence-electron chi connectivity index (χ2n) is 5.75. The minimum Gasteiger partial charge on any atom is -0.314 e. The molecular weight excluding hydrogens is 268 g/mol. The van der Waals surface area contributed by atoms with E-state index in [9.17, 15) is 8.78 Å². The van der Waals surface area contributed by atoms with E-state index in [1.54, 1.807) is 12.1 Å². The van der Waals surface area contributed by atoms with E-state index in [1.165, 1.54) is 18.2 Å². The van der Waals surface area contributed by atoms with Crippen molar-refractivity contribution in [3.63, 3.8) is 0 Å². The van der Waals surface area contributed by atoms with Crippen molar-refractivity contribution in [3.8, 4) is 0 Å². The molecule has 0 saturated heterocycles. The van der Waals surface area contributed by atoms with Crippen molar-refractivity contribution in [1.29, 1.82) is 0 Å². The molecule has 0 aliphatic heterocycles. The summed E-state index contributed by atoms with van der Waals surface area (Å²) in [7, 11) is 0.